The third kappa shape index (κ3) is 4.72. The zero-order chi connectivity index (χ0) is 20.9. The standard InChI is InChI=1S/C21H20ClN5O3/c22-19-18(20(24-13-23-19)26-15-10-11-27(12-15)21(28)29)25-14-6-8-17(9-7-14)30-16-4-2-1-3-5-16/h1-9,13,15,25H,10-12H2,(H,28,29)(H,23,24,26)/t15-/m1/s1. The number of likely N-dealkylation sites (tertiary alicyclic amines) is 1. The molecule has 1 aromatic heterocycles. The lowest BCUT2D eigenvalue weighted by Gasteiger charge is -2.18. The number of hydrogen-bond donors (Lipinski definition) is 3. The third-order valence-corrected chi connectivity index (χ3v) is 4.99. The van der Waals surface area contributed by atoms with Gasteiger partial charge in [-0.25, -0.2) is 14.8 Å². The van der Waals surface area contributed by atoms with Gasteiger partial charge in [0.25, 0.3) is 0 Å². The van der Waals surface area contributed by atoms with E-state index in [9.17, 15) is 4.79 Å². The normalized spacial score (nSPS) is 15.6. The fourth-order valence-corrected chi connectivity index (χ4v) is 3.39. The van der Waals surface area contributed by atoms with E-state index in [-0.39, 0.29) is 11.2 Å². The molecule has 0 spiro atoms. The summed E-state index contributed by atoms with van der Waals surface area (Å²) in [5, 5.41) is 15.9. The smallest absolute Gasteiger partial charge is 0.407 e. The molecular formula is C21H20ClN5O3. The van der Waals surface area contributed by atoms with Gasteiger partial charge in [0.2, 0.25) is 0 Å². The molecule has 3 aromatic rings. The average Bonchev–Trinajstić information content (AvgIpc) is 3.22. The molecule has 0 unspecified atom stereocenters. The van der Waals surface area contributed by atoms with Crippen LogP contribution in [0.5, 0.6) is 11.5 Å². The first-order valence-electron chi connectivity index (χ1n) is 9.43. The highest BCUT2D eigenvalue weighted by molar-refractivity contribution is 6.32. The van der Waals surface area contributed by atoms with E-state index in [4.69, 9.17) is 21.4 Å². The monoisotopic (exact) mass is 425 g/mol. The molecule has 1 saturated heterocycles. The summed E-state index contributed by atoms with van der Waals surface area (Å²) in [7, 11) is 0. The minimum atomic E-state index is -0.920. The molecule has 0 saturated carbocycles. The van der Waals surface area contributed by atoms with Crippen LogP contribution in [0.25, 0.3) is 0 Å². The Morgan fingerprint density at radius 2 is 1.83 bits per heavy atom. The van der Waals surface area contributed by atoms with Crippen LogP contribution < -0.4 is 15.4 Å². The van der Waals surface area contributed by atoms with E-state index in [0.717, 1.165) is 11.4 Å². The molecule has 0 radical (unpaired) electrons. The van der Waals surface area contributed by atoms with Crippen molar-refractivity contribution in [2.45, 2.75) is 12.5 Å². The highest BCUT2D eigenvalue weighted by Gasteiger charge is 2.27. The molecule has 1 aliphatic rings. The van der Waals surface area contributed by atoms with E-state index < -0.39 is 6.09 Å². The van der Waals surface area contributed by atoms with Crippen LogP contribution in [-0.4, -0.2) is 45.2 Å². The van der Waals surface area contributed by atoms with Crippen LogP contribution >= 0.6 is 11.6 Å². The van der Waals surface area contributed by atoms with Crippen molar-refractivity contribution in [2.24, 2.45) is 0 Å². The number of halogens is 1. The topological polar surface area (TPSA) is 99.6 Å². The molecule has 8 nitrogen and oxygen atoms in total. The number of carbonyl (C=O) groups is 1. The highest BCUT2D eigenvalue weighted by atomic mass is 35.5. The van der Waals surface area contributed by atoms with Gasteiger partial charge in [0.15, 0.2) is 11.0 Å². The summed E-state index contributed by atoms with van der Waals surface area (Å²) in [5.41, 5.74) is 1.32. The zero-order valence-corrected chi connectivity index (χ0v) is 16.7. The second-order valence-corrected chi connectivity index (χ2v) is 7.17. The van der Waals surface area contributed by atoms with Gasteiger partial charge in [0, 0.05) is 24.8 Å². The summed E-state index contributed by atoms with van der Waals surface area (Å²) in [4.78, 5) is 20.8. The number of rotatable bonds is 6. The molecule has 1 aliphatic heterocycles. The zero-order valence-electron chi connectivity index (χ0n) is 16.0. The summed E-state index contributed by atoms with van der Waals surface area (Å²) < 4.78 is 5.81. The minimum Gasteiger partial charge on any atom is -0.465 e. The van der Waals surface area contributed by atoms with Gasteiger partial charge < -0.3 is 25.4 Å². The molecule has 2 aromatic carbocycles. The molecular weight excluding hydrogens is 406 g/mol. The Hall–Kier alpha value is -3.52. The minimum absolute atomic E-state index is 0.0470. The van der Waals surface area contributed by atoms with E-state index in [2.05, 4.69) is 20.6 Å². The number of amides is 1. The fraction of sp³-hybridized carbons (Fsp3) is 0.190. The van der Waals surface area contributed by atoms with Crippen molar-refractivity contribution in [3.05, 3.63) is 66.1 Å². The second kappa shape index (κ2) is 8.87. The van der Waals surface area contributed by atoms with Crippen LogP contribution in [0, 0.1) is 0 Å². The maximum absolute atomic E-state index is 11.1. The van der Waals surface area contributed by atoms with Gasteiger partial charge in [-0.2, -0.15) is 0 Å². The van der Waals surface area contributed by atoms with Crippen molar-refractivity contribution < 1.29 is 14.6 Å². The van der Waals surface area contributed by atoms with E-state index in [1.54, 1.807) is 0 Å². The lowest BCUT2D eigenvalue weighted by Crippen LogP contribution is -2.30. The number of anilines is 3. The molecule has 4 rings (SSSR count). The highest BCUT2D eigenvalue weighted by Crippen LogP contribution is 2.32. The summed E-state index contributed by atoms with van der Waals surface area (Å²) in [6.45, 7) is 0.874. The molecule has 9 heteroatoms. The van der Waals surface area contributed by atoms with Crippen molar-refractivity contribution >= 4 is 34.9 Å². The van der Waals surface area contributed by atoms with Gasteiger partial charge in [-0.1, -0.05) is 29.8 Å². The van der Waals surface area contributed by atoms with Gasteiger partial charge in [0.1, 0.15) is 23.5 Å². The van der Waals surface area contributed by atoms with Crippen LogP contribution in [0.4, 0.5) is 22.0 Å². The Morgan fingerprint density at radius 1 is 1.10 bits per heavy atom. The maximum Gasteiger partial charge on any atom is 0.407 e. The van der Waals surface area contributed by atoms with Gasteiger partial charge in [-0.05, 0) is 42.8 Å². The number of ether oxygens (including phenoxy) is 1. The van der Waals surface area contributed by atoms with Crippen LogP contribution in [0.3, 0.4) is 0 Å². The van der Waals surface area contributed by atoms with Crippen molar-refractivity contribution in [1.82, 2.24) is 14.9 Å². The van der Waals surface area contributed by atoms with Crippen LogP contribution in [0.1, 0.15) is 6.42 Å². The molecule has 154 valence electrons. The summed E-state index contributed by atoms with van der Waals surface area (Å²) in [6.07, 6.45) is 1.14. The number of hydrogen-bond acceptors (Lipinski definition) is 6. The van der Waals surface area contributed by atoms with E-state index >= 15 is 0 Å². The van der Waals surface area contributed by atoms with Gasteiger partial charge in [-0.3, -0.25) is 0 Å². The predicted octanol–water partition coefficient (Wildman–Crippen LogP) is 4.83. The first-order chi connectivity index (χ1) is 14.6. The summed E-state index contributed by atoms with van der Waals surface area (Å²) >= 11 is 6.30. The maximum atomic E-state index is 11.1. The first-order valence-corrected chi connectivity index (χ1v) is 9.81. The molecule has 2 heterocycles. The molecule has 1 atom stereocenters. The quantitative estimate of drug-likeness (QED) is 0.486. The third-order valence-electron chi connectivity index (χ3n) is 4.70. The Morgan fingerprint density at radius 3 is 2.53 bits per heavy atom. The van der Waals surface area contributed by atoms with E-state index in [1.807, 2.05) is 54.6 Å². The molecule has 1 amide bonds. The predicted molar refractivity (Wildman–Crippen MR) is 115 cm³/mol. The Labute approximate surface area is 178 Å². The van der Waals surface area contributed by atoms with Gasteiger partial charge in [0.05, 0.1) is 0 Å². The van der Waals surface area contributed by atoms with Crippen molar-refractivity contribution in [1.29, 1.82) is 0 Å². The van der Waals surface area contributed by atoms with Crippen LogP contribution in [0.15, 0.2) is 60.9 Å². The summed E-state index contributed by atoms with van der Waals surface area (Å²) in [6, 6.07) is 16.9. The number of aromatic nitrogens is 2. The largest absolute Gasteiger partial charge is 0.465 e. The molecule has 1 fully saturated rings. The van der Waals surface area contributed by atoms with E-state index in [1.165, 1.54) is 11.2 Å². The number of nitrogens with zero attached hydrogens (tertiary/aromatic N) is 3. The molecule has 30 heavy (non-hydrogen) atoms. The Kier molecular flexibility index (Phi) is 5.85. The first kappa shape index (κ1) is 19.8. The number of nitrogens with one attached hydrogen (secondary N) is 2. The second-order valence-electron chi connectivity index (χ2n) is 6.81. The number of carboxylic acid groups (broad SMARTS) is 1. The van der Waals surface area contributed by atoms with E-state index in [0.29, 0.717) is 36.8 Å². The van der Waals surface area contributed by atoms with Crippen molar-refractivity contribution in [2.75, 3.05) is 23.7 Å². The lowest BCUT2D eigenvalue weighted by atomic mass is 10.2. The number of benzene rings is 2. The molecule has 0 bridgehead atoms. The Balaban J connectivity index is 1.46. The molecule has 3 N–H and O–H groups in total. The molecule has 0 aliphatic carbocycles. The lowest BCUT2D eigenvalue weighted by molar-refractivity contribution is 0.155. The SMILES string of the molecule is O=C(O)N1CC[C@@H](Nc2ncnc(Cl)c2Nc2ccc(Oc3ccccc3)cc2)C1. The number of para-hydroxylation sites is 1. The fourth-order valence-electron chi connectivity index (χ4n) is 3.20. The van der Waals surface area contributed by atoms with Gasteiger partial charge >= 0.3 is 6.09 Å². The summed E-state index contributed by atoms with van der Waals surface area (Å²) in [5.74, 6) is 1.99. The van der Waals surface area contributed by atoms with Crippen LogP contribution in [-0.2, 0) is 0 Å². The van der Waals surface area contributed by atoms with Gasteiger partial charge in [-0.15, -0.1) is 0 Å². The van der Waals surface area contributed by atoms with Crippen LogP contribution in [0.2, 0.25) is 5.15 Å². The van der Waals surface area contributed by atoms with Crippen molar-refractivity contribution in [3.8, 4) is 11.5 Å². The Bertz CT molecular complexity index is 1020. The average molecular weight is 426 g/mol. The van der Waals surface area contributed by atoms with Crippen molar-refractivity contribution in [3.63, 3.8) is 0 Å².